The topological polar surface area (TPSA) is 170 Å². The Labute approximate surface area is 319 Å². The van der Waals surface area contributed by atoms with E-state index in [0.717, 1.165) is 38.0 Å². The van der Waals surface area contributed by atoms with Gasteiger partial charge in [0.1, 0.15) is 18.6 Å². The SMILES string of the molecule is CCCCNc1ccc(C(=O)OCCN(C)C)cc1.CNC[C@H](O)c1ccc(O)c(O)c1.COC(=O)[C@H]1[C@@H](OC(=O)c2ccccc2)C[C@@H]2CC[C@H]1N2C. The fraction of sp³-hybridized carbons (Fsp3) is 0.488. The van der Waals surface area contributed by atoms with Crippen molar-refractivity contribution < 1.29 is 43.9 Å². The first-order valence-corrected chi connectivity index (χ1v) is 18.5. The summed E-state index contributed by atoms with van der Waals surface area (Å²) in [5, 5.41) is 33.7. The first-order valence-electron chi connectivity index (χ1n) is 18.5. The highest BCUT2D eigenvalue weighted by Crippen LogP contribution is 2.40. The van der Waals surface area contributed by atoms with Gasteiger partial charge in [-0.25, -0.2) is 9.59 Å². The number of phenols is 2. The van der Waals surface area contributed by atoms with Gasteiger partial charge in [-0.05, 0) is 102 Å². The molecule has 0 amide bonds. The molecule has 5 rings (SSSR count). The van der Waals surface area contributed by atoms with E-state index in [4.69, 9.17) is 24.4 Å². The molecule has 5 N–H and O–H groups in total. The van der Waals surface area contributed by atoms with Gasteiger partial charge in [-0.1, -0.05) is 37.6 Å². The van der Waals surface area contributed by atoms with E-state index < -0.39 is 18.1 Å². The Morgan fingerprint density at radius 1 is 0.944 bits per heavy atom. The molecule has 2 saturated heterocycles. The molecule has 296 valence electrons. The van der Waals surface area contributed by atoms with Crippen molar-refractivity contribution in [3.63, 3.8) is 0 Å². The van der Waals surface area contributed by atoms with Crippen LogP contribution in [0.3, 0.4) is 0 Å². The number of esters is 3. The van der Waals surface area contributed by atoms with Crippen LogP contribution in [0.4, 0.5) is 5.69 Å². The Morgan fingerprint density at radius 3 is 2.24 bits per heavy atom. The number of methoxy groups -OCH3 is 1. The highest BCUT2D eigenvalue weighted by Gasteiger charge is 2.51. The molecule has 2 bridgehead atoms. The minimum Gasteiger partial charge on any atom is -0.504 e. The molecule has 5 atom stereocenters. The third kappa shape index (κ3) is 13.3. The second-order valence-electron chi connectivity index (χ2n) is 13.7. The first kappa shape index (κ1) is 43.7. The molecule has 13 heteroatoms. The highest BCUT2D eigenvalue weighted by atomic mass is 16.6. The third-order valence-electron chi connectivity index (χ3n) is 9.49. The number of piperidine rings is 1. The van der Waals surface area contributed by atoms with Crippen LogP contribution >= 0.6 is 0 Å². The standard InChI is InChI=1S/C17H21NO4.C15H24N2O2.C9H13NO3/c1-18-12-8-9-13(18)15(17(20)21-2)14(10-12)22-16(19)11-6-4-3-5-7-11;1-4-5-10-16-14-8-6-13(7-9-14)15(18)19-12-11-17(2)3;1-10-5-9(13)6-2-3-7(11)8(12)4-6/h3-7,12-15H,8-10H2,1-2H3;6-9,16H,4-5,10-12H2,1-3H3;2-4,9-13H,5H2,1H3/t12-,13+,14-,15+;;9-/m0.0/s1. The number of anilines is 1. The summed E-state index contributed by atoms with van der Waals surface area (Å²) in [6.45, 7) is 4.69. The van der Waals surface area contributed by atoms with Crippen LogP contribution in [-0.2, 0) is 19.0 Å². The number of phenolic OH excluding ortho intramolecular Hbond substituents is 2. The summed E-state index contributed by atoms with van der Waals surface area (Å²) >= 11 is 0. The second kappa shape index (κ2) is 22.5. The number of unbranched alkanes of at least 4 members (excludes halogenated alkanes) is 1. The molecule has 2 heterocycles. The zero-order valence-corrected chi connectivity index (χ0v) is 32.4. The molecule has 0 unspecified atom stereocenters. The molecule has 0 saturated carbocycles. The predicted molar refractivity (Wildman–Crippen MR) is 208 cm³/mol. The molecule has 2 aliphatic rings. The molecule has 3 aromatic rings. The number of benzene rings is 3. The van der Waals surface area contributed by atoms with Gasteiger partial charge in [-0.3, -0.25) is 9.69 Å². The Bertz CT molecular complexity index is 1590. The average molecular weight is 751 g/mol. The van der Waals surface area contributed by atoms with Crippen molar-refractivity contribution in [1.29, 1.82) is 0 Å². The lowest BCUT2D eigenvalue weighted by Gasteiger charge is -2.40. The van der Waals surface area contributed by atoms with Gasteiger partial charge in [0.15, 0.2) is 11.5 Å². The summed E-state index contributed by atoms with van der Waals surface area (Å²) in [6.07, 6.45) is 3.91. The Hall–Kier alpha value is -4.69. The zero-order valence-electron chi connectivity index (χ0n) is 32.4. The number of aliphatic hydroxyl groups excluding tert-OH is 1. The fourth-order valence-electron chi connectivity index (χ4n) is 6.36. The van der Waals surface area contributed by atoms with Crippen molar-refractivity contribution in [2.24, 2.45) is 5.92 Å². The fourth-order valence-corrected chi connectivity index (χ4v) is 6.36. The first-order chi connectivity index (χ1) is 25.9. The summed E-state index contributed by atoms with van der Waals surface area (Å²) in [5.74, 6) is -1.72. The largest absolute Gasteiger partial charge is 0.504 e. The number of likely N-dealkylation sites (N-methyl/N-ethyl adjacent to an activating group) is 2. The smallest absolute Gasteiger partial charge is 0.338 e. The number of hydrogen-bond donors (Lipinski definition) is 5. The highest BCUT2D eigenvalue weighted by molar-refractivity contribution is 5.90. The van der Waals surface area contributed by atoms with Crippen molar-refractivity contribution in [1.82, 2.24) is 15.1 Å². The van der Waals surface area contributed by atoms with Crippen LogP contribution in [0, 0.1) is 5.92 Å². The number of ether oxygens (including phenoxy) is 3. The summed E-state index contributed by atoms with van der Waals surface area (Å²) in [5.41, 5.74) is 2.72. The Balaban J connectivity index is 0.000000225. The van der Waals surface area contributed by atoms with E-state index >= 15 is 0 Å². The van der Waals surface area contributed by atoms with E-state index in [1.165, 1.54) is 25.7 Å². The maximum absolute atomic E-state index is 12.3. The lowest BCUT2D eigenvalue weighted by molar-refractivity contribution is -0.156. The number of rotatable bonds is 14. The maximum atomic E-state index is 12.3. The second-order valence-corrected chi connectivity index (χ2v) is 13.7. The predicted octanol–water partition coefficient (Wildman–Crippen LogP) is 4.84. The lowest BCUT2D eigenvalue weighted by Crippen LogP contribution is -2.53. The molecule has 2 aliphatic heterocycles. The summed E-state index contributed by atoms with van der Waals surface area (Å²) in [7, 11) is 9.05. The van der Waals surface area contributed by atoms with Crippen LogP contribution in [0.1, 0.15) is 71.4 Å². The number of carbonyl (C=O) groups is 3. The normalized spacial score (nSPS) is 19.3. The Kier molecular flexibility index (Phi) is 18.2. The van der Waals surface area contributed by atoms with E-state index in [9.17, 15) is 19.5 Å². The van der Waals surface area contributed by atoms with Crippen molar-refractivity contribution >= 4 is 23.6 Å². The van der Waals surface area contributed by atoms with Gasteiger partial charge in [0, 0.05) is 43.8 Å². The molecule has 0 aromatic heterocycles. The molecule has 3 aromatic carbocycles. The lowest BCUT2D eigenvalue weighted by atomic mass is 9.87. The van der Waals surface area contributed by atoms with Crippen LogP contribution in [0.5, 0.6) is 11.5 Å². The summed E-state index contributed by atoms with van der Waals surface area (Å²) < 4.78 is 15.8. The quantitative estimate of drug-likeness (QED) is 0.0658. The molecule has 2 fully saturated rings. The minimum atomic E-state index is -0.670. The van der Waals surface area contributed by atoms with Crippen molar-refractivity contribution in [2.45, 2.75) is 63.3 Å². The molecule has 13 nitrogen and oxygen atoms in total. The molecular weight excluding hydrogens is 692 g/mol. The van der Waals surface area contributed by atoms with E-state index in [1.807, 2.05) is 44.2 Å². The van der Waals surface area contributed by atoms with Gasteiger partial charge in [0.2, 0.25) is 0 Å². The van der Waals surface area contributed by atoms with Crippen LogP contribution in [-0.4, -0.2) is 123 Å². The molecule has 0 aliphatic carbocycles. The van der Waals surface area contributed by atoms with Crippen molar-refractivity contribution in [2.75, 3.05) is 66.9 Å². The van der Waals surface area contributed by atoms with E-state index in [2.05, 4.69) is 22.5 Å². The van der Waals surface area contributed by atoms with E-state index in [0.29, 0.717) is 42.3 Å². The minimum absolute atomic E-state index is 0.0970. The Morgan fingerprint density at radius 2 is 1.63 bits per heavy atom. The van der Waals surface area contributed by atoms with Crippen LogP contribution in [0.2, 0.25) is 0 Å². The van der Waals surface area contributed by atoms with Crippen LogP contribution < -0.4 is 10.6 Å². The number of aromatic hydroxyl groups is 2. The monoisotopic (exact) mass is 750 g/mol. The number of nitrogens with one attached hydrogen (secondary N) is 2. The van der Waals surface area contributed by atoms with Crippen LogP contribution in [0.15, 0.2) is 72.8 Å². The van der Waals surface area contributed by atoms with Crippen LogP contribution in [0.25, 0.3) is 0 Å². The molecular formula is C41H58N4O9. The maximum Gasteiger partial charge on any atom is 0.338 e. The number of hydrogen-bond acceptors (Lipinski definition) is 13. The van der Waals surface area contributed by atoms with Gasteiger partial charge < -0.3 is 45.1 Å². The van der Waals surface area contributed by atoms with E-state index in [-0.39, 0.29) is 35.4 Å². The number of carbonyl (C=O) groups excluding carboxylic acids is 3. The van der Waals surface area contributed by atoms with Gasteiger partial charge in [0.05, 0.1) is 24.3 Å². The molecule has 0 spiro atoms. The van der Waals surface area contributed by atoms with Gasteiger partial charge in [-0.2, -0.15) is 0 Å². The van der Waals surface area contributed by atoms with Gasteiger partial charge in [-0.15, -0.1) is 0 Å². The third-order valence-corrected chi connectivity index (χ3v) is 9.49. The molecule has 54 heavy (non-hydrogen) atoms. The summed E-state index contributed by atoms with van der Waals surface area (Å²) in [6, 6.07) is 21.0. The zero-order chi connectivity index (χ0) is 39.6. The number of nitrogens with zero attached hydrogens (tertiary/aromatic N) is 2. The summed E-state index contributed by atoms with van der Waals surface area (Å²) in [4.78, 5) is 40.4. The van der Waals surface area contributed by atoms with Crippen molar-refractivity contribution in [3.05, 3.63) is 89.5 Å². The van der Waals surface area contributed by atoms with Gasteiger partial charge in [0.25, 0.3) is 0 Å². The number of fused-ring (bicyclic) bond motifs is 2. The van der Waals surface area contributed by atoms with Gasteiger partial charge >= 0.3 is 17.9 Å². The molecule has 0 radical (unpaired) electrons. The van der Waals surface area contributed by atoms with E-state index in [1.54, 1.807) is 49.5 Å². The number of aliphatic hydroxyl groups is 1. The van der Waals surface area contributed by atoms with Crippen molar-refractivity contribution in [3.8, 4) is 11.5 Å². The average Bonchev–Trinajstić information content (AvgIpc) is 3.40.